The van der Waals surface area contributed by atoms with Gasteiger partial charge in [0.25, 0.3) is 0 Å². The minimum Gasteiger partial charge on any atom is -0.271 e. The number of aromatic nitrogens is 2. The Morgan fingerprint density at radius 3 is 2.80 bits per heavy atom. The van der Waals surface area contributed by atoms with Crippen molar-refractivity contribution in [2.45, 2.75) is 13.5 Å². The van der Waals surface area contributed by atoms with Gasteiger partial charge in [0.1, 0.15) is 0 Å². The van der Waals surface area contributed by atoms with E-state index < -0.39 is 0 Å². The second kappa shape index (κ2) is 3.24. The molecule has 1 rings (SSSR count). The summed E-state index contributed by atoms with van der Waals surface area (Å²) in [5.41, 5.74) is 4.27. The van der Waals surface area contributed by atoms with Crippen LogP contribution in [-0.2, 0) is 6.54 Å². The van der Waals surface area contributed by atoms with Crippen molar-refractivity contribution >= 4 is 0 Å². The van der Waals surface area contributed by atoms with E-state index in [-0.39, 0.29) is 0 Å². The molecule has 0 saturated heterocycles. The number of hydrogen-bond acceptors (Lipinski definition) is 4. The van der Waals surface area contributed by atoms with Crippen molar-refractivity contribution in [3.05, 3.63) is 23.8 Å². The molecule has 0 spiro atoms. The van der Waals surface area contributed by atoms with Gasteiger partial charge in [0, 0.05) is 6.20 Å². The summed E-state index contributed by atoms with van der Waals surface area (Å²) < 4.78 is 0. The van der Waals surface area contributed by atoms with E-state index in [0.717, 1.165) is 11.4 Å². The van der Waals surface area contributed by atoms with Crippen LogP contribution in [0.1, 0.15) is 11.4 Å². The highest BCUT2D eigenvalue weighted by molar-refractivity contribution is 4.99. The number of hydrogen-bond donors (Lipinski definition) is 2. The quantitative estimate of drug-likeness (QED) is 0.437. The molecular weight excluding hydrogens is 128 g/mol. The molecule has 1 aromatic heterocycles. The molecule has 4 heteroatoms. The molecule has 4 nitrogen and oxygen atoms in total. The number of aryl methyl sites for hydroxylation is 1. The van der Waals surface area contributed by atoms with E-state index in [9.17, 15) is 0 Å². The second-order valence-corrected chi connectivity index (χ2v) is 2.03. The third-order valence-corrected chi connectivity index (χ3v) is 1.12. The van der Waals surface area contributed by atoms with Gasteiger partial charge < -0.3 is 0 Å². The van der Waals surface area contributed by atoms with E-state index in [1.54, 1.807) is 12.4 Å². The molecular formula is C6H10N4. The highest BCUT2D eigenvalue weighted by atomic mass is 15.2. The number of nitrogens with two attached hydrogens (primary N) is 1. The zero-order chi connectivity index (χ0) is 7.40. The van der Waals surface area contributed by atoms with Crippen molar-refractivity contribution in [2.24, 2.45) is 5.84 Å². The van der Waals surface area contributed by atoms with Crippen LogP contribution in [0, 0.1) is 6.92 Å². The second-order valence-electron chi connectivity index (χ2n) is 2.03. The molecule has 0 fully saturated rings. The van der Waals surface area contributed by atoms with Crippen molar-refractivity contribution in [3.63, 3.8) is 0 Å². The Morgan fingerprint density at radius 2 is 2.30 bits per heavy atom. The Balaban J connectivity index is 2.69. The highest BCUT2D eigenvalue weighted by Crippen LogP contribution is 1.91. The van der Waals surface area contributed by atoms with E-state index in [4.69, 9.17) is 5.84 Å². The maximum Gasteiger partial charge on any atom is 0.0738 e. The van der Waals surface area contributed by atoms with Crippen molar-refractivity contribution in [2.75, 3.05) is 0 Å². The van der Waals surface area contributed by atoms with E-state index in [1.165, 1.54) is 0 Å². The fourth-order valence-corrected chi connectivity index (χ4v) is 0.615. The first-order valence-electron chi connectivity index (χ1n) is 3.04. The molecule has 0 aliphatic heterocycles. The van der Waals surface area contributed by atoms with Gasteiger partial charge in [-0.05, 0) is 6.92 Å². The number of nitrogens with one attached hydrogen (secondary N) is 1. The Bertz CT molecular complexity index is 193. The lowest BCUT2D eigenvalue weighted by molar-refractivity contribution is 0.717. The molecule has 0 unspecified atom stereocenters. The molecule has 0 bridgehead atoms. The number of nitrogens with zero attached hydrogens (tertiary/aromatic N) is 2. The van der Waals surface area contributed by atoms with Crippen LogP contribution in [0.2, 0.25) is 0 Å². The van der Waals surface area contributed by atoms with Gasteiger partial charge in [-0.2, -0.15) is 0 Å². The van der Waals surface area contributed by atoms with E-state index in [1.807, 2.05) is 6.92 Å². The summed E-state index contributed by atoms with van der Waals surface area (Å²) in [5.74, 6) is 5.08. The first-order valence-corrected chi connectivity index (χ1v) is 3.04. The largest absolute Gasteiger partial charge is 0.271 e. The fourth-order valence-electron chi connectivity index (χ4n) is 0.615. The summed E-state index contributed by atoms with van der Waals surface area (Å²) in [4.78, 5) is 8.10. The monoisotopic (exact) mass is 138 g/mol. The maximum absolute atomic E-state index is 5.08. The SMILES string of the molecule is Cc1cnc(CNN)cn1. The Hall–Kier alpha value is -1.00. The minimum absolute atomic E-state index is 0.563. The fraction of sp³-hybridized carbons (Fsp3) is 0.333. The summed E-state index contributed by atoms with van der Waals surface area (Å²) >= 11 is 0. The summed E-state index contributed by atoms with van der Waals surface area (Å²) in [7, 11) is 0. The third-order valence-electron chi connectivity index (χ3n) is 1.12. The minimum atomic E-state index is 0.563. The van der Waals surface area contributed by atoms with Crippen LogP contribution in [0.4, 0.5) is 0 Å². The maximum atomic E-state index is 5.08. The normalized spacial score (nSPS) is 9.80. The molecule has 1 aromatic rings. The lowest BCUT2D eigenvalue weighted by Gasteiger charge is -1.96. The average Bonchev–Trinajstić information content (AvgIpc) is 1.95. The van der Waals surface area contributed by atoms with Crippen molar-refractivity contribution < 1.29 is 0 Å². The van der Waals surface area contributed by atoms with Crippen LogP contribution in [0.25, 0.3) is 0 Å². The summed E-state index contributed by atoms with van der Waals surface area (Å²) in [5, 5.41) is 0. The lowest BCUT2D eigenvalue weighted by atomic mass is 10.4. The van der Waals surface area contributed by atoms with Crippen LogP contribution in [0.3, 0.4) is 0 Å². The van der Waals surface area contributed by atoms with E-state index in [0.29, 0.717) is 6.54 Å². The van der Waals surface area contributed by atoms with E-state index >= 15 is 0 Å². The topological polar surface area (TPSA) is 63.8 Å². The predicted octanol–water partition coefficient (Wildman–Crippen LogP) is -0.252. The highest BCUT2D eigenvalue weighted by Gasteiger charge is 1.90. The van der Waals surface area contributed by atoms with Gasteiger partial charge in [-0.1, -0.05) is 0 Å². The van der Waals surface area contributed by atoms with Gasteiger partial charge in [0.05, 0.1) is 24.1 Å². The first kappa shape index (κ1) is 7.11. The predicted molar refractivity (Wildman–Crippen MR) is 37.8 cm³/mol. The zero-order valence-corrected chi connectivity index (χ0v) is 5.83. The molecule has 0 atom stereocenters. The molecule has 10 heavy (non-hydrogen) atoms. The first-order chi connectivity index (χ1) is 4.83. The van der Waals surface area contributed by atoms with Crippen molar-refractivity contribution in [1.82, 2.24) is 15.4 Å². The molecule has 0 aromatic carbocycles. The average molecular weight is 138 g/mol. The molecule has 0 radical (unpaired) electrons. The molecule has 1 heterocycles. The molecule has 0 aliphatic carbocycles. The molecule has 0 saturated carbocycles. The smallest absolute Gasteiger partial charge is 0.0738 e. The molecule has 3 N–H and O–H groups in total. The Morgan fingerprint density at radius 1 is 1.50 bits per heavy atom. The van der Waals surface area contributed by atoms with Crippen molar-refractivity contribution in [3.8, 4) is 0 Å². The van der Waals surface area contributed by atoms with E-state index in [2.05, 4.69) is 15.4 Å². The van der Waals surface area contributed by atoms with Gasteiger partial charge >= 0.3 is 0 Å². The van der Waals surface area contributed by atoms with Crippen LogP contribution in [-0.4, -0.2) is 9.97 Å². The van der Waals surface area contributed by atoms with Crippen molar-refractivity contribution in [1.29, 1.82) is 0 Å². The van der Waals surface area contributed by atoms with Gasteiger partial charge in [-0.25, -0.2) is 0 Å². The molecule has 0 aliphatic rings. The number of hydrazine groups is 1. The van der Waals surface area contributed by atoms with Gasteiger partial charge in [0.2, 0.25) is 0 Å². The number of rotatable bonds is 2. The standard InChI is InChI=1S/C6H10N4/c1-5-2-9-6(3-8-5)4-10-7/h2-3,10H,4,7H2,1H3. The molecule has 0 amide bonds. The van der Waals surface area contributed by atoms with Crippen LogP contribution in [0.5, 0.6) is 0 Å². The summed E-state index contributed by atoms with van der Waals surface area (Å²) in [6.45, 7) is 2.46. The van der Waals surface area contributed by atoms with Gasteiger partial charge in [-0.15, -0.1) is 0 Å². The zero-order valence-electron chi connectivity index (χ0n) is 5.83. The van der Waals surface area contributed by atoms with Gasteiger partial charge in [0.15, 0.2) is 0 Å². The lowest BCUT2D eigenvalue weighted by Crippen LogP contribution is -2.21. The summed E-state index contributed by atoms with van der Waals surface area (Å²) in [6, 6.07) is 0. The Labute approximate surface area is 59.5 Å². The Kier molecular flexibility index (Phi) is 2.30. The van der Waals surface area contributed by atoms with Crippen LogP contribution < -0.4 is 11.3 Å². The third kappa shape index (κ3) is 1.75. The summed E-state index contributed by atoms with van der Waals surface area (Å²) in [6.07, 6.45) is 3.42. The molecule has 54 valence electrons. The van der Waals surface area contributed by atoms with Crippen LogP contribution in [0.15, 0.2) is 12.4 Å². The van der Waals surface area contributed by atoms with Crippen LogP contribution >= 0.6 is 0 Å². The van der Waals surface area contributed by atoms with Gasteiger partial charge in [-0.3, -0.25) is 21.2 Å².